The number of carbonyl (C=O) groups excluding carboxylic acids is 1. The van der Waals surface area contributed by atoms with E-state index in [4.69, 9.17) is 0 Å². The van der Waals surface area contributed by atoms with Crippen LogP contribution in [0.3, 0.4) is 0 Å². The molecule has 186 valence electrons. The van der Waals surface area contributed by atoms with Crippen molar-refractivity contribution in [3.8, 4) is 0 Å². The van der Waals surface area contributed by atoms with E-state index in [1.807, 2.05) is 42.5 Å². The molecule has 0 spiro atoms. The van der Waals surface area contributed by atoms with Gasteiger partial charge in [-0.1, -0.05) is 45.0 Å². The number of hydrogen-bond acceptors (Lipinski definition) is 6. The van der Waals surface area contributed by atoms with E-state index in [-0.39, 0.29) is 23.0 Å². The molecule has 1 aliphatic heterocycles. The zero-order valence-corrected chi connectivity index (χ0v) is 22.0. The normalized spacial score (nSPS) is 15.7. The summed E-state index contributed by atoms with van der Waals surface area (Å²) in [5.41, 5.74) is 2.95. The van der Waals surface area contributed by atoms with Gasteiger partial charge in [-0.15, -0.1) is 11.3 Å². The molecule has 3 aromatic rings. The predicted molar refractivity (Wildman–Crippen MR) is 140 cm³/mol. The van der Waals surface area contributed by atoms with Crippen molar-refractivity contribution in [2.75, 3.05) is 24.2 Å². The van der Waals surface area contributed by atoms with Crippen LogP contribution in [-0.4, -0.2) is 47.4 Å². The van der Waals surface area contributed by atoms with Crippen LogP contribution in [0.5, 0.6) is 0 Å². The molecule has 1 N–H and O–H groups in total. The van der Waals surface area contributed by atoms with Crippen LogP contribution in [-0.2, 0) is 21.9 Å². The van der Waals surface area contributed by atoms with Gasteiger partial charge in [0.15, 0.2) is 0 Å². The lowest BCUT2D eigenvalue weighted by molar-refractivity contribution is 0.102. The number of carbonyl (C=O) groups is 1. The Morgan fingerprint density at radius 2 is 1.83 bits per heavy atom. The van der Waals surface area contributed by atoms with Crippen LogP contribution in [0.1, 0.15) is 66.3 Å². The fourth-order valence-corrected chi connectivity index (χ4v) is 6.77. The summed E-state index contributed by atoms with van der Waals surface area (Å²) in [4.78, 5) is 21.7. The van der Waals surface area contributed by atoms with Crippen molar-refractivity contribution in [1.82, 2.24) is 14.3 Å². The van der Waals surface area contributed by atoms with Gasteiger partial charge in [0.2, 0.25) is 10.0 Å². The summed E-state index contributed by atoms with van der Waals surface area (Å²) in [6.07, 6.45) is 3.49. The average Bonchev–Trinajstić information content (AvgIpc) is 3.34. The largest absolute Gasteiger partial charge is 0.320 e. The summed E-state index contributed by atoms with van der Waals surface area (Å²) in [5, 5.41) is 5.70. The average molecular weight is 513 g/mol. The monoisotopic (exact) mass is 512 g/mol. The van der Waals surface area contributed by atoms with Crippen molar-refractivity contribution in [3.05, 3.63) is 76.0 Å². The van der Waals surface area contributed by atoms with Crippen molar-refractivity contribution in [2.24, 2.45) is 0 Å². The van der Waals surface area contributed by atoms with E-state index in [0.717, 1.165) is 22.0 Å². The minimum Gasteiger partial charge on any atom is -0.320 e. The van der Waals surface area contributed by atoms with Gasteiger partial charge in [0, 0.05) is 48.4 Å². The fraction of sp³-hybridized carbons (Fsp3) is 0.423. The van der Waals surface area contributed by atoms with Gasteiger partial charge in [-0.2, -0.15) is 0 Å². The van der Waals surface area contributed by atoms with E-state index in [1.54, 1.807) is 15.9 Å². The molecule has 0 radical (unpaired) electrons. The van der Waals surface area contributed by atoms with Gasteiger partial charge >= 0.3 is 0 Å². The highest BCUT2D eigenvalue weighted by Gasteiger charge is 2.30. The molecule has 0 saturated carbocycles. The van der Waals surface area contributed by atoms with Crippen LogP contribution >= 0.6 is 11.3 Å². The van der Waals surface area contributed by atoms with Gasteiger partial charge in [0.05, 0.1) is 10.8 Å². The summed E-state index contributed by atoms with van der Waals surface area (Å²) < 4.78 is 27.2. The third kappa shape index (κ3) is 6.34. The smallest absolute Gasteiger partial charge is 0.275 e. The Morgan fingerprint density at radius 1 is 1.11 bits per heavy atom. The van der Waals surface area contributed by atoms with Crippen molar-refractivity contribution < 1.29 is 13.2 Å². The molecule has 9 heteroatoms. The number of pyridine rings is 1. The van der Waals surface area contributed by atoms with Gasteiger partial charge < -0.3 is 5.32 Å². The first kappa shape index (κ1) is 25.5. The summed E-state index contributed by atoms with van der Waals surface area (Å²) in [7, 11) is -3.33. The number of hydrogen-bond donors (Lipinski definition) is 1. The molecule has 35 heavy (non-hydrogen) atoms. The maximum absolute atomic E-state index is 12.9. The number of piperidine rings is 1. The van der Waals surface area contributed by atoms with Crippen LogP contribution in [0, 0.1) is 0 Å². The van der Waals surface area contributed by atoms with Crippen LogP contribution in [0.2, 0.25) is 0 Å². The molecule has 1 aromatic carbocycles. The lowest BCUT2D eigenvalue weighted by Crippen LogP contribution is -2.39. The third-order valence-corrected chi connectivity index (χ3v) is 9.16. The Bertz CT molecular complexity index is 1260. The van der Waals surface area contributed by atoms with Gasteiger partial charge in [0.1, 0.15) is 5.69 Å². The van der Waals surface area contributed by atoms with Crippen molar-refractivity contribution in [1.29, 1.82) is 0 Å². The molecular formula is C26H32N4O3S2. The Balaban J connectivity index is 1.34. The molecule has 1 fully saturated rings. The summed E-state index contributed by atoms with van der Waals surface area (Å²) in [6, 6.07) is 13.4. The number of nitrogens with zero attached hydrogens (tertiary/aromatic N) is 3. The van der Waals surface area contributed by atoms with E-state index >= 15 is 0 Å². The molecule has 1 amide bonds. The molecule has 2 aromatic heterocycles. The number of para-hydroxylation sites is 1. The van der Waals surface area contributed by atoms with Crippen molar-refractivity contribution >= 4 is 33.0 Å². The second-order valence-corrected chi connectivity index (χ2v) is 12.9. The first-order valence-corrected chi connectivity index (χ1v) is 14.4. The number of aryl methyl sites for hydroxylation is 1. The van der Waals surface area contributed by atoms with E-state index in [2.05, 4.69) is 36.1 Å². The number of thiazole rings is 1. The van der Waals surface area contributed by atoms with Crippen molar-refractivity contribution in [2.45, 2.75) is 51.4 Å². The highest BCUT2D eigenvalue weighted by molar-refractivity contribution is 7.89. The van der Waals surface area contributed by atoms with Crippen molar-refractivity contribution in [3.63, 3.8) is 0 Å². The second kappa shape index (κ2) is 10.6. The zero-order valence-electron chi connectivity index (χ0n) is 20.4. The fourth-order valence-electron chi connectivity index (χ4n) is 4.30. The lowest BCUT2D eigenvalue weighted by atomic mass is 9.86. The van der Waals surface area contributed by atoms with Crippen LogP contribution < -0.4 is 5.32 Å². The molecular weight excluding hydrogens is 480 g/mol. The predicted octanol–water partition coefficient (Wildman–Crippen LogP) is 4.84. The number of anilines is 1. The SMILES string of the molecule is CC(C)(C)c1ccccc1NC(=O)c1csc(C2CCN(S(=O)(=O)CCc3ccccn3)CC2)n1. The first-order valence-electron chi connectivity index (χ1n) is 11.9. The number of aromatic nitrogens is 2. The number of sulfonamides is 1. The zero-order chi connectivity index (χ0) is 25.1. The topological polar surface area (TPSA) is 92.3 Å². The Hall–Kier alpha value is -2.62. The third-order valence-electron chi connectivity index (χ3n) is 6.28. The minimum atomic E-state index is -3.33. The van der Waals surface area contributed by atoms with Gasteiger partial charge in [0.25, 0.3) is 5.91 Å². The van der Waals surface area contributed by atoms with E-state index in [0.29, 0.717) is 38.0 Å². The number of amides is 1. The minimum absolute atomic E-state index is 0.0618. The highest BCUT2D eigenvalue weighted by atomic mass is 32.2. The summed E-state index contributed by atoms with van der Waals surface area (Å²) >= 11 is 1.47. The van der Waals surface area contributed by atoms with Crippen LogP contribution in [0.15, 0.2) is 54.0 Å². The molecule has 1 saturated heterocycles. The highest BCUT2D eigenvalue weighted by Crippen LogP contribution is 2.32. The lowest BCUT2D eigenvalue weighted by Gasteiger charge is -2.30. The number of benzene rings is 1. The van der Waals surface area contributed by atoms with Gasteiger partial charge in [-0.25, -0.2) is 17.7 Å². The van der Waals surface area contributed by atoms with Gasteiger partial charge in [-0.05, 0) is 42.0 Å². The molecule has 1 aliphatic rings. The van der Waals surface area contributed by atoms with E-state index in [9.17, 15) is 13.2 Å². The van der Waals surface area contributed by atoms with E-state index < -0.39 is 10.0 Å². The van der Waals surface area contributed by atoms with Crippen LogP contribution in [0.4, 0.5) is 5.69 Å². The molecule has 4 rings (SSSR count). The molecule has 7 nitrogen and oxygen atoms in total. The maximum atomic E-state index is 12.9. The second-order valence-electron chi connectivity index (χ2n) is 9.88. The number of rotatable bonds is 7. The Kier molecular flexibility index (Phi) is 7.68. The molecule has 0 aliphatic carbocycles. The van der Waals surface area contributed by atoms with E-state index in [1.165, 1.54) is 11.3 Å². The Labute approximate surface area is 211 Å². The number of nitrogens with one attached hydrogen (secondary N) is 1. The Morgan fingerprint density at radius 3 is 2.51 bits per heavy atom. The molecule has 0 bridgehead atoms. The molecule has 0 atom stereocenters. The molecule has 3 heterocycles. The van der Waals surface area contributed by atoms with Gasteiger partial charge in [-0.3, -0.25) is 9.78 Å². The quantitative estimate of drug-likeness (QED) is 0.489. The standard InChI is InChI=1S/C26H32N4O3S2/c1-26(2,3)21-9-4-5-10-22(21)28-24(31)23-18-34-25(29-23)19-11-15-30(16-12-19)35(32,33)17-13-20-8-6-7-14-27-20/h4-10,14,18-19H,11-13,15-17H2,1-3H3,(H,28,31). The summed E-state index contributed by atoms with van der Waals surface area (Å²) in [5.74, 6) is -0.00359. The maximum Gasteiger partial charge on any atom is 0.275 e. The molecule has 0 unspecified atom stereocenters. The summed E-state index contributed by atoms with van der Waals surface area (Å²) in [6.45, 7) is 7.28. The first-order chi connectivity index (χ1) is 16.6. The van der Waals surface area contributed by atoms with Crippen LogP contribution in [0.25, 0.3) is 0 Å².